The molecule has 0 saturated carbocycles. The summed E-state index contributed by atoms with van der Waals surface area (Å²) in [7, 11) is 0. The molecule has 1 atom stereocenters. The van der Waals surface area contributed by atoms with Crippen molar-refractivity contribution in [2.45, 2.75) is 6.10 Å². The van der Waals surface area contributed by atoms with Gasteiger partial charge in [-0.1, -0.05) is 17.7 Å². The molecule has 0 aliphatic heterocycles. The Morgan fingerprint density at radius 3 is 2.47 bits per heavy atom. The van der Waals surface area contributed by atoms with Gasteiger partial charge in [-0.05, 0) is 50.1 Å². The van der Waals surface area contributed by atoms with Crippen molar-refractivity contribution < 1.29 is 9.50 Å². The van der Waals surface area contributed by atoms with E-state index in [1.807, 2.05) is 0 Å². The van der Waals surface area contributed by atoms with Gasteiger partial charge in [0.15, 0.2) is 0 Å². The van der Waals surface area contributed by atoms with Crippen LogP contribution in [0.2, 0.25) is 5.02 Å². The smallest absolute Gasteiger partial charge is 0.124 e. The van der Waals surface area contributed by atoms with E-state index in [9.17, 15) is 9.50 Å². The van der Waals surface area contributed by atoms with E-state index in [0.29, 0.717) is 11.1 Å². The van der Waals surface area contributed by atoms with E-state index in [4.69, 9.17) is 11.6 Å². The Bertz CT molecular complexity index is 558. The van der Waals surface area contributed by atoms with Crippen molar-refractivity contribution in [2.24, 2.45) is 0 Å². The minimum absolute atomic E-state index is 0.215. The van der Waals surface area contributed by atoms with Gasteiger partial charge in [-0.25, -0.2) is 4.39 Å². The zero-order chi connectivity index (χ0) is 12.6. The molecule has 0 aliphatic carbocycles. The largest absolute Gasteiger partial charge is 0.384 e. The van der Waals surface area contributed by atoms with Gasteiger partial charge in [0.25, 0.3) is 0 Å². The summed E-state index contributed by atoms with van der Waals surface area (Å²) in [5, 5.41) is 10.4. The minimum Gasteiger partial charge on any atom is -0.384 e. The molecule has 1 N–H and O–H groups in total. The second-order valence-corrected chi connectivity index (χ2v) is 7.50. The lowest BCUT2D eigenvalue weighted by Gasteiger charge is -2.12. The van der Waals surface area contributed by atoms with Crippen molar-refractivity contribution in [3.05, 3.63) is 53.8 Å². The molecule has 1 aromatic heterocycles. The van der Waals surface area contributed by atoms with E-state index in [2.05, 4.69) is 31.9 Å². The Morgan fingerprint density at radius 1 is 1.24 bits per heavy atom. The lowest BCUT2D eigenvalue weighted by atomic mass is 10.0. The van der Waals surface area contributed by atoms with Crippen LogP contribution in [0.4, 0.5) is 4.39 Å². The molecule has 2 aromatic rings. The van der Waals surface area contributed by atoms with Crippen LogP contribution < -0.4 is 0 Å². The molecule has 1 nitrogen and oxygen atoms in total. The third-order valence-corrected chi connectivity index (χ3v) is 4.95. The lowest BCUT2D eigenvalue weighted by Crippen LogP contribution is -2.00. The van der Waals surface area contributed by atoms with E-state index in [1.165, 1.54) is 29.5 Å². The van der Waals surface area contributed by atoms with Crippen LogP contribution in [0.1, 0.15) is 17.2 Å². The highest BCUT2D eigenvalue weighted by atomic mass is 79.9. The van der Waals surface area contributed by atoms with Gasteiger partial charge in [-0.3, -0.25) is 0 Å². The number of aliphatic hydroxyl groups excluding tert-OH is 1. The van der Waals surface area contributed by atoms with Crippen LogP contribution in [0.3, 0.4) is 0 Å². The maximum atomic E-state index is 12.9. The van der Waals surface area contributed by atoms with Gasteiger partial charge in [-0.15, -0.1) is 11.3 Å². The Hall–Kier alpha value is 0.0600. The Morgan fingerprint density at radius 2 is 1.94 bits per heavy atom. The van der Waals surface area contributed by atoms with E-state index in [0.717, 1.165) is 7.57 Å². The van der Waals surface area contributed by atoms with Crippen molar-refractivity contribution in [1.29, 1.82) is 0 Å². The summed E-state index contributed by atoms with van der Waals surface area (Å²) in [5.74, 6) is -0.420. The number of hydrogen-bond donors (Lipinski definition) is 1. The Kier molecular flexibility index (Phi) is 4.26. The molecule has 1 heterocycles. The van der Waals surface area contributed by atoms with E-state index in [1.54, 1.807) is 6.07 Å². The SMILES string of the molecule is OC(c1ccc(F)cc1Cl)c1cc(Br)sc1Br. The summed E-state index contributed by atoms with van der Waals surface area (Å²) < 4.78 is 14.6. The van der Waals surface area contributed by atoms with Gasteiger partial charge in [-0.2, -0.15) is 0 Å². The van der Waals surface area contributed by atoms with Crippen molar-refractivity contribution in [3.8, 4) is 0 Å². The van der Waals surface area contributed by atoms with Gasteiger partial charge >= 0.3 is 0 Å². The Balaban J connectivity index is 2.43. The molecule has 0 aliphatic rings. The molecule has 90 valence electrons. The van der Waals surface area contributed by atoms with Crippen molar-refractivity contribution in [3.63, 3.8) is 0 Å². The quantitative estimate of drug-likeness (QED) is 0.739. The number of hydrogen-bond acceptors (Lipinski definition) is 2. The van der Waals surface area contributed by atoms with Crippen LogP contribution in [0.15, 0.2) is 31.8 Å². The lowest BCUT2D eigenvalue weighted by molar-refractivity contribution is 0.220. The molecule has 0 spiro atoms. The first-order valence-electron chi connectivity index (χ1n) is 4.57. The average molecular weight is 400 g/mol. The fourth-order valence-electron chi connectivity index (χ4n) is 1.43. The normalized spacial score (nSPS) is 12.8. The molecular formula is C11H6Br2ClFOS. The van der Waals surface area contributed by atoms with Crippen molar-refractivity contribution in [2.75, 3.05) is 0 Å². The zero-order valence-electron chi connectivity index (χ0n) is 8.25. The molecule has 17 heavy (non-hydrogen) atoms. The number of halogens is 4. The van der Waals surface area contributed by atoms with Gasteiger partial charge < -0.3 is 5.11 Å². The van der Waals surface area contributed by atoms with Crippen LogP contribution in [0.5, 0.6) is 0 Å². The molecular weight excluding hydrogens is 394 g/mol. The molecule has 6 heteroatoms. The van der Waals surface area contributed by atoms with E-state index < -0.39 is 11.9 Å². The maximum Gasteiger partial charge on any atom is 0.124 e. The molecule has 0 fully saturated rings. The number of aliphatic hydroxyl groups is 1. The molecule has 1 unspecified atom stereocenters. The summed E-state index contributed by atoms with van der Waals surface area (Å²) in [6.07, 6.45) is -0.875. The van der Waals surface area contributed by atoms with Crippen LogP contribution in [-0.2, 0) is 0 Å². The fourth-order valence-corrected chi connectivity index (χ4v) is 4.58. The van der Waals surface area contributed by atoms with Crippen LogP contribution in [0, 0.1) is 5.82 Å². The first kappa shape index (κ1) is 13.5. The molecule has 0 radical (unpaired) electrons. The average Bonchev–Trinajstić information content (AvgIpc) is 2.57. The Labute approximate surface area is 123 Å². The standard InChI is InChI=1S/C11H6Br2ClFOS/c12-9-4-7(11(13)17-9)10(16)6-2-1-5(15)3-8(6)14/h1-4,10,16H. The predicted molar refractivity (Wildman–Crippen MR) is 75.2 cm³/mol. The molecule has 0 bridgehead atoms. The topological polar surface area (TPSA) is 20.2 Å². The van der Waals surface area contributed by atoms with Gasteiger partial charge in [0.2, 0.25) is 0 Å². The number of rotatable bonds is 2. The van der Waals surface area contributed by atoms with Crippen molar-refractivity contribution >= 4 is 54.8 Å². The summed E-state index contributed by atoms with van der Waals surface area (Å²) >= 11 is 14.1. The van der Waals surface area contributed by atoms with Gasteiger partial charge in [0.1, 0.15) is 11.9 Å². The highest BCUT2D eigenvalue weighted by Crippen LogP contribution is 2.39. The number of thiophene rings is 1. The van der Waals surface area contributed by atoms with Crippen molar-refractivity contribution in [1.82, 2.24) is 0 Å². The van der Waals surface area contributed by atoms with Crippen LogP contribution in [-0.4, -0.2) is 5.11 Å². The van der Waals surface area contributed by atoms with Crippen LogP contribution >= 0.6 is 54.8 Å². The zero-order valence-corrected chi connectivity index (χ0v) is 13.0. The highest BCUT2D eigenvalue weighted by molar-refractivity contribution is 9.12. The predicted octanol–water partition coefficient (Wildman–Crippen LogP) is 5.15. The van der Waals surface area contributed by atoms with Gasteiger partial charge in [0, 0.05) is 16.1 Å². The summed E-state index contributed by atoms with van der Waals surface area (Å²) in [4.78, 5) is 0. The van der Waals surface area contributed by atoms with Gasteiger partial charge in [0.05, 0.1) is 7.57 Å². The fraction of sp³-hybridized carbons (Fsp3) is 0.0909. The second-order valence-electron chi connectivity index (χ2n) is 3.35. The third kappa shape index (κ3) is 2.90. The highest BCUT2D eigenvalue weighted by Gasteiger charge is 2.19. The third-order valence-electron chi connectivity index (χ3n) is 2.23. The number of benzene rings is 1. The molecule has 0 saturated heterocycles. The maximum absolute atomic E-state index is 12.9. The molecule has 0 amide bonds. The van der Waals surface area contributed by atoms with E-state index in [-0.39, 0.29) is 5.02 Å². The second kappa shape index (κ2) is 5.36. The van der Waals surface area contributed by atoms with E-state index >= 15 is 0 Å². The molecule has 2 rings (SSSR count). The van der Waals surface area contributed by atoms with Crippen LogP contribution in [0.25, 0.3) is 0 Å². The first-order chi connectivity index (χ1) is 7.99. The monoisotopic (exact) mass is 398 g/mol. The minimum atomic E-state index is -0.875. The molecule has 1 aromatic carbocycles. The summed E-state index contributed by atoms with van der Waals surface area (Å²) in [6.45, 7) is 0. The summed E-state index contributed by atoms with van der Waals surface area (Å²) in [6, 6.07) is 5.76. The summed E-state index contributed by atoms with van der Waals surface area (Å²) in [5.41, 5.74) is 1.19. The first-order valence-corrected chi connectivity index (χ1v) is 7.35.